The molecule has 0 fully saturated rings. The Morgan fingerprint density at radius 1 is 1.17 bits per heavy atom. The number of halogens is 3. The topological polar surface area (TPSA) is 46.7 Å². The largest absolute Gasteiger partial charge is 0.312 e. The first kappa shape index (κ1) is 15.2. The molecular weight excluding hydrogens is 307 g/mol. The van der Waals surface area contributed by atoms with E-state index < -0.39 is 23.0 Å². The molecule has 1 aliphatic rings. The molecule has 0 amide bonds. The number of benzene rings is 1. The molecule has 3 rings (SSSR count). The van der Waals surface area contributed by atoms with Crippen LogP contribution in [0.4, 0.5) is 13.2 Å². The molecule has 2 aromatic rings. The van der Waals surface area contributed by atoms with Gasteiger partial charge in [-0.05, 0) is 19.1 Å². The van der Waals surface area contributed by atoms with Crippen LogP contribution in [0, 0.1) is 24.4 Å². The number of pyridine rings is 1. The van der Waals surface area contributed by atoms with Crippen LogP contribution in [0.2, 0.25) is 0 Å². The van der Waals surface area contributed by atoms with Gasteiger partial charge in [0.25, 0.3) is 5.56 Å². The molecule has 23 heavy (non-hydrogen) atoms. The average Bonchev–Trinajstić information content (AvgIpc) is 2.97. The monoisotopic (exact) mass is 319 g/mol. The third kappa shape index (κ3) is 2.58. The number of aromatic nitrogens is 1. The van der Waals surface area contributed by atoms with Gasteiger partial charge in [0, 0.05) is 29.6 Å². The van der Waals surface area contributed by atoms with Gasteiger partial charge in [-0.25, -0.2) is 18.2 Å². The highest BCUT2D eigenvalue weighted by atomic mass is 19.2. The minimum absolute atomic E-state index is 0.0739. The van der Waals surface area contributed by atoms with Gasteiger partial charge in [-0.1, -0.05) is 6.07 Å². The van der Waals surface area contributed by atoms with Crippen LogP contribution < -0.4 is 5.56 Å². The first-order valence-electron chi connectivity index (χ1n) is 6.82. The first-order chi connectivity index (χ1) is 10.9. The molecule has 0 spiro atoms. The van der Waals surface area contributed by atoms with Crippen LogP contribution >= 0.6 is 0 Å². The zero-order valence-electron chi connectivity index (χ0n) is 12.1. The van der Waals surface area contributed by atoms with Gasteiger partial charge in [-0.3, -0.25) is 9.79 Å². The van der Waals surface area contributed by atoms with E-state index in [0.29, 0.717) is 11.6 Å². The average molecular weight is 319 g/mol. The van der Waals surface area contributed by atoms with Crippen LogP contribution in [0.5, 0.6) is 0 Å². The molecule has 0 saturated heterocycles. The van der Waals surface area contributed by atoms with Gasteiger partial charge in [0.1, 0.15) is 17.7 Å². The van der Waals surface area contributed by atoms with E-state index in [-0.39, 0.29) is 17.7 Å². The summed E-state index contributed by atoms with van der Waals surface area (Å²) in [5.74, 6) is -3.42. The summed E-state index contributed by atoms with van der Waals surface area (Å²) < 4.78 is 42.2. The van der Waals surface area contributed by atoms with Gasteiger partial charge in [0.05, 0.1) is 6.54 Å². The fourth-order valence-corrected chi connectivity index (χ4v) is 2.53. The Bertz CT molecular complexity index is 875. The molecule has 1 unspecified atom stereocenters. The fourth-order valence-electron chi connectivity index (χ4n) is 2.53. The highest BCUT2D eigenvalue weighted by molar-refractivity contribution is 5.87. The second kappa shape index (κ2) is 5.49. The predicted molar refractivity (Wildman–Crippen MR) is 80.4 cm³/mol. The Labute approximate surface area is 129 Å². The zero-order chi connectivity index (χ0) is 16.6. The van der Waals surface area contributed by atoms with E-state index in [2.05, 4.69) is 9.98 Å². The van der Waals surface area contributed by atoms with E-state index in [1.54, 1.807) is 19.1 Å². The summed E-state index contributed by atoms with van der Waals surface area (Å²) in [5, 5.41) is 0. The number of rotatable bonds is 3. The third-order valence-corrected chi connectivity index (χ3v) is 3.74. The molecule has 0 radical (unpaired) electrons. The number of nitrogens with zero attached hydrogens (tertiary/aromatic N) is 3. The van der Waals surface area contributed by atoms with E-state index in [0.717, 1.165) is 6.07 Å². The molecule has 0 bridgehead atoms. The SMILES string of the molecule is Cc1cccn(CC2(c3cc(F)c(F)cc3F)C=NC=N2)c1=O. The van der Waals surface area contributed by atoms with Crippen molar-refractivity contribution in [2.75, 3.05) is 0 Å². The highest BCUT2D eigenvalue weighted by Crippen LogP contribution is 2.31. The lowest BCUT2D eigenvalue weighted by Gasteiger charge is -2.25. The van der Waals surface area contributed by atoms with Crippen LogP contribution in [0.1, 0.15) is 11.1 Å². The summed E-state index contributed by atoms with van der Waals surface area (Å²) in [7, 11) is 0. The van der Waals surface area contributed by atoms with Crippen molar-refractivity contribution in [1.29, 1.82) is 0 Å². The molecule has 2 heterocycles. The number of aliphatic imine (C=N–C) groups is 2. The molecule has 0 saturated carbocycles. The third-order valence-electron chi connectivity index (χ3n) is 3.74. The van der Waals surface area contributed by atoms with Crippen LogP contribution in [0.15, 0.2) is 45.2 Å². The minimum Gasteiger partial charge on any atom is -0.312 e. The van der Waals surface area contributed by atoms with E-state index in [1.807, 2.05) is 0 Å². The van der Waals surface area contributed by atoms with E-state index >= 15 is 0 Å². The van der Waals surface area contributed by atoms with Gasteiger partial charge in [-0.2, -0.15) is 0 Å². The molecule has 1 aromatic heterocycles. The van der Waals surface area contributed by atoms with E-state index in [1.165, 1.54) is 23.3 Å². The van der Waals surface area contributed by atoms with Gasteiger partial charge in [-0.15, -0.1) is 0 Å². The van der Waals surface area contributed by atoms with Crippen LogP contribution in [-0.4, -0.2) is 17.1 Å². The normalized spacial score (nSPS) is 19.5. The Morgan fingerprint density at radius 3 is 2.61 bits per heavy atom. The minimum atomic E-state index is -1.39. The number of hydrogen-bond acceptors (Lipinski definition) is 3. The molecule has 118 valence electrons. The summed E-state index contributed by atoms with van der Waals surface area (Å²) in [6, 6.07) is 4.53. The summed E-state index contributed by atoms with van der Waals surface area (Å²) in [6.07, 6.45) is 4.04. The molecule has 1 aromatic carbocycles. The Morgan fingerprint density at radius 2 is 1.91 bits per heavy atom. The Balaban J connectivity index is 2.14. The smallest absolute Gasteiger partial charge is 0.253 e. The van der Waals surface area contributed by atoms with Gasteiger partial charge in [0.15, 0.2) is 11.6 Å². The van der Waals surface area contributed by atoms with Crippen molar-refractivity contribution in [3.8, 4) is 0 Å². The van der Waals surface area contributed by atoms with Crippen molar-refractivity contribution >= 4 is 12.6 Å². The van der Waals surface area contributed by atoms with Crippen molar-refractivity contribution in [3.05, 3.63) is 69.4 Å². The standard InChI is InChI=1S/C16H12F3N3O/c1-10-3-2-4-22(15(10)23)8-16(7-20-9-21-16)11-5-13(18)14(19)6-12(11)17/h2-7,9H,8H2,1H3. The predicted octanol–water partition coefficient (Wildman–Crippen LogP) is 2.58. The van der Waals surface area contributed by atoms with E-state index in [4.69, 9.17) is 0 Å². The summed E-state index contributed by atoms with van der Waals surface area (Å²) in [6.45, 7) is 1.57. The van der Waals surface area contributed by atoms with Crippen molar-refractivity contribution in [3.63, 3.8) is 0 Å². The van der Waals surface area contributed by atoms with Crippen LogP contribution in [0.25, 0.3) is 0 Å². The zero-order valence-corrected chi connectivity index (χ0v) is 12.1. The van der Waals surface area contributed by atoms with Crippen molar-refractivity contribution in [1.82, 2.24) is 4.57 Å². The lowest BCUT2D eigenvalue weighted by molar-refractivity contribution is 0.448. The Kier molecular flexibility index (Phi) is 3.63. The molecule has 0 N–H and O–H groups in total. The second-order valence-electron chi connectivity index (χ2n) is 5.32. The summed E-state index contributed by atoms with van der Waals surface area (Å²) in [5.41, 5.74) is -1.34. The molecule has 4 nitrogen and oxygen atoms in total. The quantitative estimate of drug-likeness (QED) is 0.802. The lowest BCUT2D eigenvalue weighted by atomic mass is 9.91. The van der Waals surface area contributed by atoms with E-state index in [9.17, 15) is 18.0 Å². The second-order valence-corrected chi connectivity index (χ2v) is 5.32. The lowest BCUT2D eigenvalue weighted by Crippen LogP contribution is -2.36. The van der Waals surface area contributed by atoms with Crippen molar-refractivity contribution in [2.24, 2.45) is 9.98 Å². The van der Waals surface area contributed by atoms with Gasteiger partial charge >= 0.3 is 0 Å². The Hall–Kier alpha value is -2.70. The molecule has 1 aliphatic heterocycles. The molecule has 0 aliphatic carbocycles. The number of aryl methyl sites for hydroxylation is 1. The summed E-state index contributed by atoms with van der Waals surface area (Å²) >= 11 is 0. The highest BCUT2D eigenvalue weighted by Gasteiger charge is 2.36. The van der Waals surface area contributed by atoms with Crippen LogP contribution in [0.3, 0.4) is 0 Å². The number of hydrogen-bond donors (Lipinski definition) is 0. The van der Waals surface area contributed by atoms with Gasteiger partial charge in [0.2, 0.25) is 0 Å². The van der Waals surface area contributed by atoms with Gasteiger partial charge < -0.3 is 4.57 Å². The molecule has 1 atom stereocenters. The maximum Gasteiger partial charge on any atom is 0.253 e. The maximum atomic E-state index is 14.2. The van der Waals surface area contributed by atoms with Crippen molar-refractivity contribution < 1.29 is 13.2 Å². The summed E-state index contributed by atoms with van der Waals surface area (Å²) in [4.78, 5) is 20.1. The maximum absolute atomic E-state index is 14.2. The molecule has 7 heteroatoms. The van der Waals surface area contributed by atoms with Crippen molar-refractivity contribution in [2.45, 2.75) is 19.0 Å². The first-order valence-corrected chi connectivity index (χ1v) is 6.82. The van der Waals surface area contributed by atoms with Crippen LogP contribution in [-0.2, 0) is 12.1 Å². The molecular formula is C16H12F3N3O. The fraction of sp³-hybridized carbons (Fsp3) is 0.188.